The fraction of sp³-hybridized carbons (Fsp3) is 0.154. The Kier molecular flexibility index (Phi) is 5.91. The van der Waals surface area contributed by atoms with Crippen molar-refractivity contribution in [3.63, 3.8) is 0 Å². The number of ether oxygens (including phenoxy) is 2. The maximum Gasteiger partial charge on any atom is 0.137 e. The highest BCUT2D eigenvalue weighted by Gasteiger charge is 2.06. The first-order valence-electron chi connectivity index (χ1n) is 4.99. The van der Waals surface area contributed by atoms with Crippen LogP contribution in [0.5, 0.6) is 11.5 Å². The first-order valence-corrected chi connectivity index (χ1v) is 5.78. The molecule has 0 N–H and O–H groups in total. The predicted molar refractivity (Wildman–Crippen MR) is 70.1 cm³/mol. The molecule has 88 valence electrons. The molecule has 0 aliphatic heterocycles. The van der Waals surface area contributed by atoms with Gasteiger partial charge in [-0.15, -0.1) is 0 Å². The Labute approximate surface area is 109 Å². The van der Waals surface area contributed by atoms with Crippen LogP contribution in [0.15, 0.2) is 47.5 Å². The van der Waals surface area contributed by atoms with Gasteiger partial charge in [0.15, 0.2) is 0 Å². The highest BCUT2D eigenvalue weighted by atomic mass is 79.9. The predicted octanol–water partition coefficient (Wildman–Crippen LogP) is 3.47. The molecule has 0 saturated carbocycles. The van der Waals surface area contributed by atoms with Crippen LogP contribution < -0.4 is 9.47 Å². The molecule has 0 saturated heterocycles. The molecule has 0 spiro atoms. The Morgan fingerprint density at radius 1 is 1.29 bits per heavy atom. The lowest BCUT2D eigenvalue weighted by molar-refractivity contribution is 0.340. The van der Waals surface area contributed by atoms with Crippen molar-refractivity contribution in [3.05, 3.63) is 47.5 Å². The lowest BCUT2D eigenvalue weighted by atomic mass is 10.3. The van der Waals surface area contributed by atoms with E-state index in [0.717, 1.165) is 4.47 Å². The molecule has 0 unspecified atom stereocenters. The summed E-state index contributed by atoms with van der Waals surface area (Å²) in [6, 6.07) is 7.40. The maximum absolute atomic E-state index is 8.33. The molecule has 0 atom stereocenters. The highest BCUT2D eigenvalue weighted by molar-refractivity contribution is 9.10. The van der Waals surface area contributed by atoms with E-state index in [0.29, 0.717) is 24.7 Å². The Morgan fingerprint density at radius 2 is 1.94 bits per heavy atom. The molecular formula is C13H12BrNO2. The van der Waals surface area contributed by atoms with Gasteiger partial charge < -0.3 is 9.47 Å². The first-order chi connectivity index (χ1) is 8.29. The molecular weight excluding hydrogens is 282 g/mol. The maximum atomic E-state index is 8.33. The summed E-state index contributed by atoms with van der Waals surface area (Å²) in [6.45, 7) is 4.37. The van der Waals surface area contributed by atoms with E-state index in [4.69, 9.17) is 14.7 Å². The largest absolute Gasteiger partial charge is 0.488 e. The van der Waals surface area contributed by atoms with Gasteiger partial charge in [0, 0.05) is 6.08 Å². The van der Waals surface area contributed by atoms with Gasteiger partial charge in [0.1, 0.15) is 29.2 Å². The van der Waals surface area contributed by atoms with Crippen molar-refractivity contribution >= 4 is 15.9 Å². The van der Waals surface area contributed by atoms with Crippen LogP contribution in [0.1, 0.15) is 0 Å². The van der Waals surface area contributed by atoms with Gasteiger partial charge in [-0.05, 0) is 34.1 Å². The molecule has 1 aromatic carbocycles. The molecule has 0 aromatic heterocycles. The molecule has 0 radical (unpaired) electrons. The molecule has 0 aliphatic carbocycles. The number of benzene rings is 1. The Hall–Kier alpha value is -1.73. The Bertz CT molecular complexity index is 449. The average Bonchev–Trinajstić information content (AvgIpc) is 2.35. The number of allylic oxidation sites excluding steroid dienone is 1. The fourth-order valence-corrected chi connectivity index (χ4v) is 1.59. The van der Waals surface area contributed by atoms with E-state index in [9.17, 15) is 0 Å². The second kappa shape index (κ2) is 7.53. The van der Waals surface area contributed by atoms with E-state index in [1.807, 2.05) is 24.3 Å². The minimum absolute atomic E-state index is 0.344. The SMILES string of the molecule is C=CCOc1cccc(OC/C=C/C#N)c1Br. The third-order valence-electron chi connectivity index (χ3n) is 1.81. The van der Waals surface area contributed by atoms with Gasteiger partial charge in [-0.25, -0.2) is 0 Å². The first kappa shape index (κ1) is 13.3. The molecule has 0 fully saturated rings. The fourth-order valence-electron chi connectivity index (χ4n) is 1.10. The average molecular weight is 294 g/mol. The normalized spacial score (nSPS) is 9.88. The van der Waals surface area contributed by atoms with Crippen molar-refractivity contribution in [1.82, 2.24) is 0 Å². The third-order valence-corrected chi connectivity index (χ3v) is 2.59. The molecule has 0 bridgehead atoms. The van der Waals surface area contributed by atoms with Gasteiger partial charge in [0.2, 0.25) is 0 Å². The van der Waals surface area contributed by atoms with Gasteiger partial charge in [0.05, 0.1) is 6.07 Å². The van der Waals surface area contributed by atoms with Crippen molar-refractivity contribution in [2.24, 2.45) is 0 Å². The number of nitriles is 1. The van der Waals surface area contributed by atoms with Crippen LogP contribution >= 0.6 is 15.9 Å². The van der Waals surface area contributed by atoms with Gasteiger partial charge in [-0.3, -0.25) is 0 Å². The van der Waals surface area contributed by atoms with E-state index in [-0.39, 0.29) is 0 Å². The molecule has 3 nitrogen and oxygen atoms in total. The monoisotopic (exact) mass is 293 g/mol. The van der Waals surface area contributed by atoms with Crippen LogP contribution in [0.2, 0.25) is 0 Å². The van der Waals surface area contributed by atoms with Crippen LogP contribution in [0.3, 0.4) is 0 Å². The van der Waals surface area contributed by atoms with Crippen LogP contribution in [-0.2, 0) is 0 Å². The minimum atomic E-state index is 0.344. The molecule has 4 heteroatoms. The molecule has 17 heavy (non-hydrogen) atoms. The van der Waals surface area contributed by atoms with Crippen molar-refractivity contribution in [3.8, 4) is 17.6 Å². The summed E-state index contributed by atoms with van der Waals surface area (Å²) < 4.78 is 11.7. The summed E-state index contributed by atoms with van der Waals surface area (Å²) in [4.78, 5) is 0. The van der Waals surface area contributed by atoms with Crippen molar-refractivity contribution in [1.29, 1.82) is 5.26 Å². The van der Waals surface area contributed by atoms with E-state index in [1.165, 1.54) is 6.08 Å². The van der Waals surface area contributed by atoms with E-state index < -0.39 is 0 Å². The van der Waals surface area contributed by atoms with Crippen molar-refractivity contribution in [2.75, 3.05) is 13.2 Å². The summed E-state index contributed by atoms with van der Waals surface area (Å²) in [5, 5.41) is 8.33. The number of nitrogens with zero attached hydrogens (tertiary/aromatic N) is 1. The Morgan fingerprint density at radius 3 is 2.53 bits per heavy atom. The van der Waals surface area contributed by atoms with Gasteiger partial charge in [-0.2, -0.15) is 5.26 Å². The van der Waals surface area contributed by atoms with Gasteiger partial charge in [0.25, 0.3) is 0 Å². The molecule has 0 amide bonds. The van der Waals surface area contributed by atoms with Crippen LogP contribution in [0.4, 0.5) is 0 Å². The van der Waals surface area contributed by atoms with Crippen LogP contribution in [0, 0.1) is 11.3 Å². The zero-order chi connectivity index (χ0) is 12.5. The quantitative estimate of drug-likeness (QED) is 0.596. The molecule has 1 rings (SSSR count). The van der Waals surface area contributed by atoms with E-state index >= 15 is 0 Å². The lowest BCUT2D eigenvalue weighted by Crippen LogP contribution is -1.97. The van der Waals surface area contributed by atoms with E-state index in [1.54, 1.807) is 12.2 Å². The molecule has 0 aliphatic rings. The summed E-state index contributed by atoms with van der Waals surface area (Å²) in [5.41, 5.74) is 0. The highest BCUT2D eigenvalue weighted by Crippen LogP contribution is 2.34. The summed E-state index contributed by atoms with van der Waals surface area (Å²) in [5.74, 6) is 1.38. The summed E-state index contributed by atoms with van der Waals surface area (Å²) in [7, 11) is 0. The topological polar surface area (TPSA) is 42.2 Å². The van der Waals surface area contributed by atoms with Crippen LogP contribution in [-0.4, -0.2) is 13.2 Å². The Balaban J connectivity index is 2.69. The van der Waals surface area contributed by atoms with Gasteiger partial charge >= 0.3 is 0 Å². The zero-order valence-electron chi connectivity index (χ0n) is 9.23. The van der Waals surface area contributed by atoms with Crippen molar-refractivity contribution in [2.45, 2.75) is 0 Å². The number of hydrogen-bond donors (Lipinski definition) is 0. The summed E-state index contributed by atoms with van der Waals surface area (Å²) in [6.07, 6.45) is 4.70. The third kappa shape index (κ3) is 4.33. The second-order valence-electron chi connectivity index (χ2n) is 3.01. The van der Waals surface area contributed by atoms with Crippen LogP contribution in [0.25, 0.3) is 0 Å². The molecule has 1 aromatic rings. The lowest BCUT2D eigenvalue weighted by Gasteiger charge is -2.10. The number of hydrogen-bond acceptors (Lipinski definition) is 3. The number of halogens is 1. The minimum Gasteiger partial charge on any atom is -0.488 e. The second-order valence-corrected chi connectivity index (χ2v) is 3.80. The van der Waals surface area contributed by atoms with E-state index in [2.05, 4.69) is 22.5 Å². The van der Waals surface area contributed by atoms with Crippen molar-refractivity contribution < 1.29 is 9.47 Å². The standard InChI is InChI=1S/C13H12BrNO2/c1-2-9-16-11-6-5-7-12(13(11)14)17-10-4-3-8-15/h2-7H,1,9-10H2/b4-3+. The number of rotatable bonds is 6. The smallest absolute Gasteiger partial charge is 0.137 e. The zero-order valence-corrected chi connectivity index (χ0v) is 10.8. The summed E-state index contributed by atoms with van der Waals surface area (Å²) >= 11 is 3.41. The van der Waals surface area contributed by atoms with Gasteiger partial charge in [-0.1, -0.05) is 18.7 Å². The molecule has 0 heterocycles.